The number of aromatic nitrogens is 2. The molecule has 0 aliphatic carbocycles. The van der Waals surface area contributed by atoms with E-state index >= 15 is 0 Å². The van der Waals surface area contributed by atoms with Crippen LogP contribution in [0.25, 0.3) is 11.3 Å². The maximum atomic E-state index is 12.8. The minimum absolute atomic E-state index is 0.115. The third-order valence-electron chi connectivity index (χ3n) is 3.97. The number of alkyl halides is 1. The molecule has 3 rings (SSSR count). The number of hydrogen-bond donors (Lipinski definition) is 3. The number of nitrogens with zero attached hydrogens (tertiary/aromatic N) is 2. The molecule has 0 aliphatic heterocycles. The predicted molar refractivity (Wildman–Crippen MR) is 110 cm³/mol. The Bertz CT molecular complexity index is 948. The molecule has 0 bridgehead atoms. The number of hydrogen-bond acceptors (Lipinski definition) is 6. The van der Waals surface area contributed by atoms with E-state index in [2.05, 4.69) is 15.3 Å². The molecule has 1 atom stereocenters. The molecule has 1 aromatic carbocycles. The van der Waals surface area contributed by atoms with Gasteiger partial charge in [0, 0.05) is 24.4 Å². The number of anilines is 2. The topological polar surface area (TPSA) is 116 Å². The molecule has 8 heteroatoms. The number of nitrogen functional groups attached to an aromatic ring is 1. The lowest BCUT2D eigenvalue weighted by molar-refractivity contribution is 0.102. The van der Waals surface area contributed by atoms with Gasteiger partial charge in [0.1, 0.15) is 17.5 Å². The fraction of sp³-hybridized carbons (Fsp3) is 0.150. The quantitative estimate of drug-likeness (QED) is 0.528. The number of ether oxygens (including phenoxy) is 1. The van der Waals surface area contributed by atoms with Crippen LogP contribution in [0.1, 0.15) is 10.5 Å². The van der Waals surface area contributed by atoms with Crippen molar-refractivity contribution in [2.75, 3.05) is 23.5 Å². The number of carbonyl (C=O) groups is 1. The van der Waals surface area contributed by atoms with Gasteiger partial charge < -0.3 is 21.5 Å². The van der Waals surface area contributed by atoms with Crippen molar-refractivity contribution in [1.82, 2.24) is 9.97 Å². The van der Waals surface area contributed by atoms with Crippen molar-refractivity contribution in [1.29, 1.82) is 0 Å². The van der Waals surface area contributed by atoms with Crippen LogP contribution in [0.2, 0.25) is 0 Å². The average Bonchev–Trinajstić information content (AvgIpc) is 2.74. The van der Waals surface area contributed by atoms with Crippen molar-refractivity contribution >= 4 is 28.9 Å². The van der Waals surface area contributed by atoms with Gasteiger partial charge in [0.2, 0.25) is 0 Å². The largest absolute Gasteiger partial charge is 0.486 e. The van der Waals surface area contributed by atoms with Crippen molar-refractivity contribution in [3.63, 3.8) is 0 Å². The zero-order valence-corrected chi connectivity index (χ0v) is 15.8. The van der Waals surface area contributed by atoms with Gasteiger partial charge in [-0.2, -0.15) is 0 Å². The molecule has 5 N–H and O–H groups in total. The van der Waals surface area contributed by atoms with E-state index in [1.807, 2.05) is 30.3 Å². The van der Waals surface area contributed by atoms with Crippen molar-refractivity contribution < 1.29 is 9.53 Å². The smallest absolute Gasteiger partial charge is 0.276 e. The second-order valence-corrected chi connectivity index (χ2v) is 6.26. The Hall–Kier alpha value is -3.16. The van der Waals surface area contributed by atoms with Crippen molar-refractivity contribution in [3.05, 3.63) is 66.6 Å². The van der Waals surface area contributed by atoms with Gasteiger partial charge >= 0.3 is 0 Å². The first-order valence-electron chi connectivity index (χ1n) is 8.62. The SMILES string of the molecule is NCC(CCl)Oc1ccncc1NC(=O)c1nc(-c2ccccc2)ccc1N. The molecule has 0 spiro atoms. The highest BCUT2D eigenvalue weighted by atomic mass is 35.5. The van der Waals surface area contributed by atoms with Crippen LogP contribution in [0, 0.1) is 0 Å². The highest BCUT2D eigenvalue weighted by Gasteiger charge is 2.17. The third-order valence-corrected chi connectivity index (χ3v) is 4.31. The third kappa shape index (κ3) is 4.57. The first-order chi connectivity index (χ1) is 13.6. The Morgan fingerprint density at radius 2 is 1.96 bits per heavy atom. The van der Waals surface area contributed by atoms with E-state index in [4.69, 9.17) is 27.8 Å². The molecule has 0 saturated carbocycles. The summed E-state index contributed by atoms with van der Waals surface area (Å²) in [5, 5.41) is 2.75. The zero-order chi connectivity index (χ0) is 19.9. The molecule has 2 aromatic heterocycles. The van der Waals surface area contributed by atoms with Crippen LogP contribution in [0.3, 0.4) is 0 Å². The van der Waals surface area contributed by atoms with E-state index in [1.54, 1.807) is 24.4 Å². The van der Waals surface area contributed by atoms with Crippen molar-refractivity contribution in [2.45, 2.75) is 6.10 Å². The monoisotopic (exact) mass is 397 g/mol. The van der Waals surface area contributed by atoms with E-state index in [0.717, 1.165) is 5.56 Å². The second-order valence-electron chi connectivity index (χ2n) is 5.96. The summed E-state index contributed by atoms with van der Waals surface area (Å²) in [5.41, 5.74) is 13.9. The van der Waals surface area contributed by atoms with Crippen LogP contribution in [-0.4, -0.2) is 34.4 Å². The summed E-state index contributed by atoms with van der Waals surface area (Å²) in [6.07, 6.45) is 2.64. The van der Waals surface area contributed by atoms with E-state index in [9.17, 15) is 4.79 Å². The van der Waals surface area contributed by atoms with Crippen LogP contribution < -0.4 is 21.5 Å². The van der Waals surface area contributed by atoms with Crippen LogP contribution in [0.5, 0.6) is 5.75 Å². The molecule has 0 fully saturated rings. The lowest BCUT2D eigenvalue weighted by Gasteiger charge is -2.17. The van der Waals surface area contributed by atoms with Crippen molar-refractivity contribution in [3.8, 4) is 17.0 Å². The predicted octanol–water partition coefficient (Wildman–Crippen LogP) is 2.92. The number of benzene rings is 1. The maximum Gasteiger partial charge on any atom is 0.276 e. The number of halogens is 1. The standard InChI is InChI=1S/C20H20ClN5O2/c21-10-14(11-22)28-18-8-9-24-12-17(18)26-20(27)19-15(23)6-7-16(25-19)13-4-2-1-3-5-13/h1-9,12,14H,10-11,22-23H2,(H,26,27). The summed E-state index contributed by atoms with van der Waals surface area (Å²) in [7, 11) is 0. The molecule has 3 aromatic rings. The summed E-state index contributed by atoms with van der Waals surface area (Å²) >= 11 is 5.83. The van der Waals surface area contributed by atoms with Gasteiger partial charge in [0.15, 0.2) is 5.69 Å². The summed E-state index contributed by atoms with van der Waals surface area (Å²) in [6.45, 7) is 0.243. The van der Waals surface area contributed by atoms with E-state index in [-0.39, 0.29) is 29.9 Å². The fourth-order valence-electron chi connectivity index (χ4n) is 2.50. The zero-order valence-electron chi connectivity index (χ0n) is 15.0. The van der Waals surface area contributed by atoms with Gasteiger partial charge in [-0.3, -0.25) is 9.78 Å². The molecule has 1 amide bonds. The number of nitrogens with two attached hydrogens (primary N) is 2. The highest BCUT2D eigenvalue weighted by Crippen LogP contribution is 2.26. The van der Waals surface area contributed by atoms with Crippen molar-refractivity contribution in [2.24, 2.45) is 5.73 Å². The summed E-state index contributed by atoms with van der Waals surface area (Å²) in [5.74, 6) is 0.167. The van der Waals surface area contributed by atoms with Gasteiger partial charge in [-0.25, -0.2) is 4.98 Å². The Labute approximate surface area is 167 Å². The number of nitrogens with one attached hydrogen (secondary N) is 1. The number of carbonyl (C=O) groups excluding carboxylic acids is 1. The minimum atomic E-state index is -0.469. The normalized spacial score (nSPS) is 11.6. The maximum absolute atomic E-state index is 12.8. The van der Waals surface area contributed by atoms with Crippen LogP contribution in [-0.2, 0) is 0 Å². The molecule has 28 heavy (non-hydrogen) atoms. The Balaban J connectivity index is 1.86. The van der Waals surface area contributed by atoms with Crippen LogP contribution in [0.4, 0.5) is 11.4 Å². The average molecular weight is 398 g/mol. The second kappa shape index (κ2) is 9.16. The number of amides is 1. The first kappa shape index (κ1) is 19.6. The first-order valence-corrected chi connectivity index (χ1v) is 9.15. The van der Waals surface area contributed by atoms with Gasteiger partial charge in [0.05, 0.1) is 23.5 Å². The molecule has 0 radical (unpaired) electrons. The molecule has 0 saturated heterocycles. The van der Waals surface area contributed by atoms with Gasteiger partial charge in [-0.15, -0.1) is 11.6 Å². The summed E-state index contributed by atoms with van der Waals surface area (Å²) in [6, 6.07) is 14.6. The Kier molecular flexibility index (Phi) is 6.41. The lowest BCUT2D eigenvalue weighted by atomic mass is 10.1. The number of pyridine rings is 2. The summed E-state index contributed by atoms with van der Waals surface area (Å²) < 4.78 is 5.74. The van der Waals surface area contributed by atoms with Gasteiger partial charge in [-0.05, 0) is 12.1 Å². The van der Waals surface area contributed by atoms with E-state index in [1.165, 1.54) is 6.20 Å². The molecular weight excluding hydrogens is 378 g/mol. The highest BCUT2D eigenvalue weighted by molar-refractivity contribution is 6.18. The fourth-order valence-corrected chi connectivity index (χ4v) is 2.69. The molecular formula is C20H20ClN5O2. The van der Waals surface area contributed by atoms with Crippen LogP contribution in [0.15, 0.2) is 60.9 Å². The molecule has 144 valence electrons. The molecule has 1 unspecified atom stereocenters. The van der Waals surface area contributed by atoms with E-state index in [0.29, 0.717) is 17.1 Å². The Morgan fingerprint density at radius 1 is 1.18 bits per heavy atom. The lowest BCUT2D eigenvalue weighted by Crippen LogP contribution is -2.28. The minimum Gasteiger partial charge on any atom is -0.486 e. The van der Waals surface area contributed by atoms with Gasteiger partial charge in [-0.1, -0.05) is 30.3 Å². The summed E-state index contributed by atoms with van der Waals surface area (Å²) in [4.78, 5) is 21.3. The molecule has 7 nitrogen and oxygen atoms in total. The Morgan fingerprint density at radius 3 is 2.68 bits per heavy atom. The van der Waals surface area contributed by atoms with E-state index < -0.39 is 5.91 Å². The molecule has 2 heterocycles. The number of rotatable bonds is 7. The molecule has 0 aliphatic rings. The van der Waals surface area contributed by atoms with Gasteiger partial charge in [0.25, 0.3) is 5.91 Å². The van der Waals surface area contributed by atoms with Crippen LogP contribution >= 0.6 is 11.6 Å².